The van der Waals surface area contributed by atoms with Gasteiger partial charge in [-0.05, 0) is 110 Å². The lowest BCUT2D eigenvalue weighted by Crippen LogP contribution is -2.56. The van der Waals surface area contributed by atoms with Crippen LogP contribution in [0.25, 0.3) is 0 Å². The first-order valence-electron chi connectivity index (χ1n) is 13.4. The van der Waals surface area contributed by atoms with Crippen molar-refractivity contribution in [2.75, 3.05) is 0 Å². The van der Waals surface area contributed by atoms with Gasteiger partial charge in [0.15, 0.2) is 0 Å². The molecular weight excluding hydrogens is 352 g/mol. The lowest BCUT2D eigenvalue weighted by atomic mass is 9.43. The van der Waals surface area contributed by atoms with Gasteiger partial charge in [-0.15, -0.1) is 0 Å². The van der Waals surface area contributed by atoms with Gasteiger partial charge in [-0.3, -0.25) is 0 Å². The highest BCUT2D eigenvalue weighted by Gasteiger charge is 2.61. The quantitative estimate of drug-likeness (QED) is 0.499. The largest absolute Gasteiger partial charge is 0.393 e. The van der Waals surface area contributed by atoms with Crippen LogP contribution in [0, 0.1) is 58.2 Å². The summed E-state index contributed by atoms with van der Waals surface area (Å²) in [5.74, 6) is 6.92. The number of hydrogen-bond acceptors (Lipinski definition) is 1. The Hall–Kier alpha value is -0.0400. The first-order chi connectivity index (χ1) is 13.7. The van der Waals surface area contributed by atoms with Crippen LogP contribution in [0.15, 0.2) is 0 Å². The maximum Gasteiger partial charge on any atom is 0.0568 e. The van der Waals surface area contributed by atoms with Crippen molar-refractivity contribution in [3.05, 3.63) is 0 Å². The van der Waals surface area contributed by atoms with E-state index in [4.69, 9.17) is 0 Å². The van der Waals surface area contributed by atoms with Crippen LogP contribution in [0.1, 0.15) is 112 Å². The van der Waals surface area contributed by atoms with Crippen molar-refractivity contribution in [2.45, 2.75) is 118 Å². The molecule has 0 radical (unpaired) electrons. The minimum atomic E-state index is -0.0407. The third-order valence-corrected chi connectivity index (χ3v) is 11.4. The van der Waals surface area contributed by atoms with E-state index in [1.807, 2.05) is 0 Å². The zero-order valence-electron chi connectivity index (χ0n) is 20.4. The number of aliphatic hydroxyl groups is 1. The molecule has 4 aliphatic carbocycles. The lowest BCUT2D eigenvalue weighted by molar-refractivity contribution is -0.149. The van der Waals surface area contributed by atoms with Gasteiger partial charge in [0.1, 0.15) is 0 Å². The van der Waals surface area contributed by atoms with E-state index < -0.39 is 0 Å². The highest BCUT2D eigenvalue weighted by atomic mass is 16.3. The molecule has 0 spiro atoms. The van der Waals surface area contributed by atoms with Gasteiger partial charge in [-0.1, -0.05) is 60.8 Å². The molecule has 0 saturated heterocycles. The van der Waals surface area contributed by atoms with Gasteiger partial charge in [0, 0.05) is 0 Å². The smallest absolute Gasteiger partial charge is 0.0568 e. The van der Waals surface area contributed by atoms with Crippen LogP contribution in [0.5, 0.6) is 0 Å². The Morgan fingerprint density at radius 1 is 0.793 bits per heavy atom. The zero-order chi connectivity index (χ0) is 21.0. The van der Waals surface area contributed by atoms with Crippen LogP contribution < -0.4 is 0 Å². The second-order valence-corrected chi connectivity index (χ2v) is 13.1. The fourth-order valence-electron chi connectivity index (χ4n) is 9.73. The van der Waals surface area contributed by atoms with E-state index in [-0.39, 0.29) is 6.10 Å². The van der Waals surface area contributed by atoms with Gasteiger partial charge in [0.05, 0.1) is 6.10 Å². The van der Waals surface area contributed by atoms with Crippen molar-refractivity contribution in [3.8, 4) is 0 Å². The van der Waals surface area contributed by atoms with Crippen LogP contribution in [0.2, 0.25) is 0 Å². The molecule has 0 aliphatic heterocycles. The van der Waals surface area contributed by atoms with Crippen molar-refractivity contribution in [2.24, 2.45) is 58.2 Å². The molecule has 0 heterocycles. The Morgan fingerprint density at radius 3 is 2.17 bits per heavy atom. The van der Waals surface area contributed by atoms with Crippen molar-refractivity contribution in [1.29, 1.82) is 0 Å². The molecule has 4 aliphatic rings. The number of aliphatic hydroxyl groups excluding tert-OH is 1. The minimum absolute atomic E-state index is 0.0407. The molecule has 0 aromatic carbocycles. The molecule has 4 fully saturated rings. The average molecular weight is 403 g/mol. The molecule has 0 amide bonds. The van der Waals surface area contributed by atoms with Gasteiger partial charge in [-0.2, -0.15) is 0 Å². The van der Waals surface area contributed by atoms with Crippen LogP contribution in [0.4, 0.5) is 0 Å². The van der Waals surface area contributed by atoms with Crippen molar-refractivity contribution < 1.29 is 5.11 Å². The predicted molar refractivity (Wildman–Crippen MR) is 124 cm³/mol. The molecule has 10 atom stereocenters. The zero-order valence-corrected chi connectivity index (χ0v) is 20.4. The van der Waals surface area contributed by atoms with E-state index in [1.165, 1.54) is 64.2 Å². The average Bonchev–Trinajstić information content (AvgIpc) is 3.02. The molecule has 4 saturated carbocycles. The molecule has 0 unspecified atom stereocenters. The second kappa shape index (κ2) is 8.14. The summed E-state index contributed by atoms with van der Waals surface area (Å²) in [6, 6.07) is 0. The molecule has 0 aromatic rings. The third kappa shape index (κ3) is 3.64. The molecule has 0 aromatic heterocycles. The van der Waals surface area contributed by atoms with Crippen LogP contribution in [0.3, 0.4) is 0 Å². The number of hydrogen-bond donors (Lipinski definition) is 1. The second-order valence-electron chi connectivity index (χ2n) is 13.1. The Kier molecular flexibility index (Phi) is 6.22. The normalized spacial score (nSPS) is 50.7. The summed E-state index contributed by atoms with van der Waals surface area (Å²) < 4.78 is 0. The summed E-state index contributed by atoms with van der Waals surface area (Å²) >= 11 is 0. The summed E-state index contributed by atoms with van der Waals surface area (Å²) in [6.07, 6.45) is 15.4. The SMILES string of the molecule is CC(C)CCC[C@H](C)[C@@H]1CC[C@@H]2[C@@H]3CC[C@@H]4[C@H](C)[C@@H](O)CC[C@]4(C)[C@@H]3CC[C@@]21C. The Balaban J connectivity index is 1.48. The van der Waals surface area contributed by atoms with Gasteiger partial charge < -0.3 is 5.11 Å². The van der Waals surface area contributed by atoms with Crippen LogP contribution in [-0.2, 0) is 0 Å². The lowest BCUT2D eigenvalue weighted by Gasteiger charge is -2.62. The number of fused-ring (bicyclic) bond motifs is 5. The van der Waals surface area contributed by atoms with Crippen molar-refractivity contribution >= 4 is 0 Å². The van der Waals surface area contributed by atoms with Gasteiger partial charge >= 0.3 is 0 Å². The molecule has 0 bridgehead atoms. The molecular formula is C28H50O. The van der Waals surface area contributed by atoms with Crippen LogP contribution >= 0.6 is 0 Å². The fourth-order valence-corrected chi connectivity index (χ4v) is 9.73. The number of rotatable bonds is 5. The molecule has 1 N–H and O–H groups in total. The molecule has 1 heteroatoms. The molecule has 168 valence electrons. The molecule has 29 heavy (non-hydrogen) atoms. The highest BCUT2D eigenvalue weighted by molar-refractivity contribution is 5.10. The fraction of sp³-hybridized carbons (Fsp3) is 1.00. The summed E-state index contributed by atoms with van der Waals surface area (Å²) in [5, 5.41) is 10.5. The van der Waals surface area contributed by atoms with E-state index in [0.717, 1.165) is 47.8 Å². The topological polar surface area (TPSA) is 20.2 Å². The summed E-state index contributed by atoms with van der Waals surface area (Å²) in [6.45, 7) is 15.0. The Bertz CT molecular complexity index is 569. The predicted octanol–water partition coefficient (Wildman–Crippen LogP) is 7.71. The minimum Gasteiger partial charge on any atom is -0.393 e. The Labute approximate surface area is 181 Å². The standard InChI is InChI=1S/C28H50O/c1-18(2)8-7-9-19(3)22-12-13-24-21-10-11-23-20(4)26(29)15-17-28(23,6)25(21)14-16-27(22,24)5/h18-26,29H,7-17H2,1-6H3/t19-,20-,21-,22-,23+,24+,25+,26-,27+,28-/m0/s1. The summed E-state index contributed by atoms with van der Waals surface area (Å²) in [4.78, 5) is 0. The molecule has 4 rings (SSSR count). The van der Waals surface area contributed by atoms with E-state index >= 15 is 0 Å². The first-order valence-corrected chi connectivity index (χ1v) is 13.4. The van der Waals surface area contributed by atoms with E-state index in [1.54, 1.807) is 0 Å². The maximum atomic E-state index is 10.5. The van der Waals surface area contributed by atoms with Gasteiger partial charge in [-0.25, -0.2) is 0 Å². The van der Waals surface area contributed by atoms with Crippen molar-refractivity contribution in [1.82, 2.24) is 0 Å². The monoisotopic (exact) mass is 402 g/mol. The maximum absolute atomic E-state index is 10.5. The third-order valence-electron chi connectivity index (χ3n) is 11.4. The summed E-state index contributed by atoms with van der Waals surface area (Å²) in [7, 11) is 0. The van der Waals surface area contributed by atoms with Gasteiger partial charge in [0.25, 0.3) is 0 Å². The van der Waals surface area contributed by atoms with Gasteiger partial charge in [0.2, 0.25) is 0 Å². The van der Waals surface area contributed by atoms with E-state index in [0.29, 0.717) is 16.7 Å². The van der Waals surface area contributed by atoms with Crippen LogP contribution in [-0.4, -0.2) is 11.2 Å². The Morgan fingerprint density at radius 2 is 1.45 bits per heavy atom. The van der Waals surface area contributed by atoms with E-state index in [9.17, 15) is 5.11 Å². The van der Waals surface area contributed by atoms with E-state index in [2.05, 4.69) is 41.5 Å². The first kappa shape index (κ1) is 22.2. The summed E-state index contributed by atoms with van der Waals surface area (Å²) in [5.41, 5.74) is 1.12. The van der Waals surface area contributed by atoms with Crippen molar-refractivity contribution in [3.63, 3.8) is 0 Å². The molecule has 1 nitrogen and oxygen atoms in total. The highest BCUT2D eigenvalue weighted by Crippen LogP contribution is 2.68.